The topological polar surface area (TPSA) is 29.1 Å². The zero-order valence-corrected chi connectivity index (χ0v) is 12.8. The second-order valence-corrected chi connectivity index (χ2v) is 6.46. The fourth-order valence-electron chi connectivity index (χ4n) is 1.29. The first kappa shape index (κ1) is 15.2. The van der Waals surface area contributed by atoms with Crippen molar-refractivity contribution in [1.29, 1.82) is 0 Å². The van der Waals surface area contributed by atoms with E-state index in [1.54, 1.807) is 0 Å². The molecule has 0 aromatic heterocycles. The lowest BCUT2D eigenvalue weighted by molar-refractivity contribution is 0.0937. The quantitative estimate of drug-likeness (QED) is 0.897. The van der Waals surface area contributed by atoms with Crippen LogP contribution in [0.4, 0.5) is 4.39 Å². The molecule has 1 aromatic rings. The number of carbonyl (C=O) groups excluding carboxylic acids is 1. The van der Waals surface area contributed by atoms with E-state index in [1.807, 2.05) is 0 Å². The summed E-state index contributed by atoms with van der Waals surface area (Å²) in [5.41, 5.74) is 0.612. The largest absolute Gasteiger partial charge is 0.352 e. The molecule has 1 N–H and O–H groups in total. The summed E-state index contributed by atoms with van der Waals surface area (Å²) in [4.78, 5) is 11.9. The van der Waals surface area contributed by atoms with Crippen molar-refractivity contribution in [2.45, 2.75) is 27.7 Å². The molecule has 1 aromatic carbocycles. The Hall–Kier alpha value is -0.900. The standard InChI is InChI=1S/C14H19BrFNO/c1-9(14(2,3)4)8-17-13(18)10-5-6-12(16)11(15)7-10/h5-7,9H,8H2,1-4H3,(H,17,18). The maximum atomic E-state index is 13.1. The second kappa shape index (κ2) is 5.83. The summed E-state index contributed by atoms with van der Waals surface area (Å²) >= 11 is 3.07. The van der Waals surface area contributed by atoms with Crippen LogP contribution in [0, 0.1) is 17.2 Å². The predicted octanol–water partition coefficient (Wildman–Crippen LogP) is 4.00. The number of amides is 1. The molecule has 0 spiro atoms. The third kappa shape index (κ3) is 4.09. The van der Waals surface area contributed by atoms with E-state index in [9.17, 15) is 9.18 Å². The fraction of sp³-hybridized carbons (Fsp3) is 0.500. The molecule has 0 aliphatic carbocycles. The van der Waals surface area contributed by atoms with Crippen LogP contribution >= 0.6 is 15.9 Å². The summed E-state index contributed by atoms with van der Waals surface area (Å²) in [6, 6.07) is 4.26. The highest BCUT2D eigenvalue weighted by Gasteiger charge is 2.20. The lowest BCUT2D eigenvalue weighted by atomic mass is 9.82. The zero-order valence-electron chi connectivity index (χ0n) is 11.2. The predicted molar refractivity (Wildman–Crippen MR) is 75.1 cm³/mol. The lowest BCUT2D eigenvalue weighted by Crippen LogP contribution is -2.33. The van der Waals surface area contributed by atoms with Crippen molar-refractivity contribution in [2.75, 3.05) is 6.54 Å². The summed E-state index contributed by atoms with van der Waals surface area (Å²) in [7, 11) is 0. The van der Waals surface area contributed by atoms with E-state index in [-0.39, 0.29) is 17.1 Å². The lowest BCUT2D eigenvalue weighted by Gasteiger charge is -2.27. The third-order valence-electron chi connectivity index (χ3n) is 3.23. The maximum Gasteiger partial charge on any atom is 0.251 e. The van der Waals surface area contributed by atoms with E-state index in [0.717, 1.165) is 0 Å². The van der Waals surface area contributed by atoms with Crippen molar-refractivity contribution in [3.63, 3.8) is 0 Å². The Morgan fingerprint density at radius 2 is 2.06 bits per heavy atom. The van der Waals surface area contributed by atoms with Crippen LogP contribution in [0.3, 0.4) is 0 Å². The van der Waals surface area contributed by atoms with Crippen LogP contribution in [-0.4, -0.2) is 12.5 Å². The maximum absolute atomic E-state index is 13.1. The van der Waals surface area contributed by atoms with Gasteiger partial charge in [0.05, 0.1) is 4.47 Å². The SMILES string of the molecule is CC(CNC(=O)c1ccc(F)c(Br)c1)C(C)(C)C. The molecule has 1 rings (SSSR count). The van der Waals surface area contributed by atoms with Gasteiger partial charge in [-0.2, -0.15) is 0 Å². The Kier molecular flexibility index (Phi) is 4.91. The van der Waals surface area contributed by atoms with Crippen molar-refractivity contribution < 1.29 is 9.18 Å². The van der Waals surface area contributed by atoms with E-state index in [1.165, 1.54) is 18.2 Å². The van der Waals surface area contributed by atoms with Gasteiger partial charge in [0.2, 0.25) is 0 Å². The molecule has 1 amide bonds. The molecule has 18 heavy (non-hydrogen) atoms. The number of rotatable bonds is 3. The van der Waals surface area contributed by atoms with E-state index in [2.05, 4.69) is 48.9 Å². The molecule has 0 radical (unpaired) electrons. The molecule has 0 aliphatic rings. The van der Waals surface area contributed by atoms with Crippen LogP contribution in [0.25, 0.3) is 0 Å². The summed E-state index contributed by atoms with van der Waals surface area (Å²) in [5.74, 6) is -0.174. The highest BCUT2D eigenvalue weighted by Crippen LogP contribution is 2.24. The number of nitrogens with one attached hydrogen (secondary N) is 1. The first-order chi connectivity index (χ1) is 8.21. The van der Waals surface area contributed by atoms with Crippen LogP contribution in [0.5, 0.6) is 0 Å². The molecule has 100 valence electrons. The van der Waals surface area contributed by atoms with Crippen molar-refractivity contribution in [1.82, 2.24) is 5.32 Å². The molecule has 0 saturated carbocycles. The van der Waals surface area contributed by atoms with E-state index in [4.69, 9.17) is 0 Å². The van der Waals surface area contributed by atoms with Crippen molar-refractivity contribution in [3.05, 3.63) is 34.1 Å². The summed E-state index contributed by atoms with van der Waals surface area (Å²) in [5, 5.41) is 2.87. The van der Waals surface area contributed by atoms with Gasteiger partial charge in [-0.05, 0) is 45.5 Å². The molecule has 1 atom stereocenters. The monoisotopic (exact) mass is 315 g/mol. The van der Waals surface area contributed by atoms with E-state index in [0.29, 0.717) is 22.5 Å². The van der Waals surface area contributed by atoms with E-state index >= 15 is 0 Å². The van der Waals surface area contributed by atoms with Crippen LogP contribution in [-0.2, 0) is 0 Å². The molecule has 0 heterocycles. The van der Waals surface area contributed by atoms with Crippen LogP contribution in [0.2, 0.25) is 0 Å². The molecule has 1 unspecified atom stereocenters. The summed E-state index contributed by atoms with van der Waals surface area (Å²) in [6.45, 7) is 9.12. The Morgan fingerprint density at radius 3 is 2.56 bits per heavy atom. The highest BCUT2D eigenvalue weighted by atomic mass is 79.9. The number of halogens is 2. The number of benzene rings is 1. The van der Waals surface area contributed by atoms with Crippen LogP contribution < -0.4 is 5.32 Å². The Balaban J connectivity index is 2.63. The Labute approximate surface area is 116 Å². The van der Waals surface area contributed by atoms with Crippen molar-refractivity contribution in [3.8, 4) is 0 Å². The van der Waals surface area contributed by atoms with Gasteiger partial charge in [-0.15, -0.1) is 0 Å². The first-order valence-corrected chi connectivity index (χ1v) is 6.74. The average Bonchev–Trinajstić information content (AvgIpc) is 2.27. The first-order valence-electron chi connectivity index (χ1n) is 5.95. The summed E-state index contributed by atoms with van der Waals surface area (Å²) in [6.07, 6.45) is 0. The van der Waals surface area contributed by atoms with Crippen LogP contribution in [0.1, 0.15) is 38.1 Å². The molecule has 0 fully saturated rings. The zero-order chi connectivity index (χ0) is 13.9. The van der Waals surface area contributed by atoms with Crippen molar-refractivity contribution >= 4 is 21.8 Å². The highest BCUT2D eigenvalue weighted by molar-refractivity contribution is 9.10. The number of hydrogen-bond donors (Lipinski definition) is 1. The van der Waals surface area contributed by atoms with Gasteiger partial charge in [-0.25, -0.2) is 4.39 Å². The van der Waals surface area contributed by atoms with Crippen molar-refractivity contribution in [2.24, 2.45) is 11.3 Å². The van der Waals surface area contributed by atoms with E-state index < -0.39 is 0 Å². The summed E-state index contributed by atoms with van der Waals surface area (Å²) < 4.78 is 13.4. The average molecular weight is 316 g/mol. The number of hydrogen-bond acceptors (Lipinski definition) is 1. The second-order valence-electron chi connectivity index (χ2n) is 5.61. The third-order valence-corrected chi connectivity index (χ3v) is 3.84. The molecule has 2 nitrogen and oxygen atoms in total. The van der Waals surface area contributed by atoms with Gasteiger partial charge in [0.25, 0.3) is 5.91 Å². The van der Waals surface area contributed by atoms with Gasteiger partial charge in [-0.1, -0.05) is 27.7 Å². The minimum absolute atomic E-state index is 0.149. The van der Waals surface area contributed by atoms with Crippen LogP contribution in [0.15, 0.2) is 22.7 Å². The molecule has 4 heteroatoms. The molecule has 0 aliphatic heterocycles. The van der Waals surface area contributed by atoms with Gasteiger partial charge in [0, 0.05) is 12.1 Å². The van der Waals surface area contributed by atoms with Gasteiger partial charge in [-0.3, -0.25) is 4.79 Å². The molecular weight excluding hydrogens is 297 g/mol. The van der Waals surface area contributed by atoms with Gasteiger partial charge in [0.15, 0.2) is 0 Å². The molecule has 0 saturated heterocycles. The van der Waals surface area contributed by atoms with Gasteiger partial charge < -0.3 is 5.32 Å². The fourth-order valence-corrected chi connectivity index (χ4v) is 1.67. The normalized spacial score (nSPS) is 13.2. The Morgan fingerprint density at radius 1 is 1.44 bits per heavy atom. The van der Waals surface area contributed by atoms with Gasteiger partial charge >= 0.3 is 0 Å². The minimum Gasteiger partial charge on any atom is -0.352 e. The minimum atomic E-state index is -0.366. The molecular formula is C14H19BrFNO. The molecule has 0 bridgehead atoms. The Bertz CT molecular complexity index is 440. The van der Waals surface area contributed by atoms with Gasteiger partial charge in [0.1, 0.15) is 5.82 Å². The smallest absolute Gasteiger partial charge is 0.251 e. The number of carbonyl (C=O) groups is 1.